The van der Waals surface area contributed by atoms with Crippen molar-refractivity contribution < 1.29 is 9.13 Å². The predicted octanol–water partition coefficient (Wildman–Crippen LogP) is 9.83. The van der Waals surface area contributed by atoms with Crippen LogP contribution in [0, 0.1) is 5.92 Å². The summed E-state index contributed by atoms with van der Waals surface area (Å²) in [6.07, 6.45) is 11.8. The summed E-state index contributed by atoms with van der Waals surface area (Å²) >= 11 is 0. The van der Waals surface area contributed by atoms with Gasteiger partial charge in [0.05, 0.1) is 0 Å². The minimum Gasteiger partial charge on any atom is -0.199 e. The van der Waals surface area contributed by atoms with Crippen molar-refractivity contribution in [2.45, 2.75) is 110 Å². The fourth-order valence-corrected chi connectivity index (χ4v) is 8.83. The van der Waals surface area contributed by atoms with Gasteiger partial charge in [-0.05, 0) is 65.6 Å². The van der Waals surface area contributed by atoms with Crippen molar-refractivity contribution in [1.82, 2.24) is 0 Å². The van der Waals surface area contributed by atoms with E-state index in [1.807, 2.05) is 0 Å². The van der Waals surface area contributed by atoms with Crippen LogP contribution in [0.1, 0.15) is 114 Å². The van der Waals surface area contributed by atoms with Crippen molar-refractivity contribution in [2.75, 3.05) is 0 Å². The zero-order chi connectivity index (χ0) is 31.1. The minimum absolute atomic E-state index is 0.0181. The molecular weight excluding hydrogens is 532 g/mol. The highest BCUT2D eigenvalue weighted by Gasteiger charge is 2.50. The number of allylic oxidation sites excluding steroid dienone is 2. The standard InChI is InChI=1S/C42H52N2/c1-8-10-18-33-24-28-44-39(29-33)36-21-12-11-19-34(36)30(3)32(5)42(44,9-2)25-17-27-43-26-16-15-23-38(43)40-31(4)35-20-13-14-22-37(35)41(40,6)7/h11-16,19-24,26,28-30,32H,8-10,17-18,25,27H2,1-7H3/q+2. The maximum atomic E-state index is 2.70. The number of aryl methyl sites for hydroxylation is 2. The lowest BCUT2D eigenvalue weighted by Crippen LogP contribution is -2.61. The fourth-order valence-electron chi connectivity index (χ4n) is 8.83. The van der Waals surface area contributed by atoms with Gasteiger partial charge in [0.15, 0.2) is 17.9 Å². The van der Waals surface area contributed by atoms with E-state index >= 15 is 0 Å². The Bertz CT molecular complexity index is 1690. The van der Waals surface area contributed by atoms with E-state index in [-0.39, 0.29) is 11.0 Å². The van der Waals surface area contributed by atoms with Gasteiger partial charge < -0.3 is 0 Å². The van der Waals surface area contributed by atoms with E-state index in [1.165, 1.54) is 63.2 Å². The largest absolute Gasteiger partial charge is 0.213 e. The molecule has 228 valence electrons. The van der Waals surface area contributed by atoms with E-state index in [9.17, 15) is 0 Å². The van der Waals surface area contributed by atoms with Gasteiger partial charge >= 0.3 is 0 Å². The molecule has 0 saturated carbocycles. The average molecular weight is 585 g/mol. The summed E-state index contributed by atoms with van der Waals surface area (Å²) in [5.74, 6) is 0.991. The Labute approximate surface area is 266 Å². The second-order valence-corrected chi connectivity index (χ2v) is 14.1. The Kier molecular flexibility index (Phi) is 8.40. The molecule has 44 heavy (non-hydrogen) atoms. The number of hydrogen-bond donors (Lipinski definition) is 0. The van der Waals surface area contributed by atoms with E-state index in [2.05, 4.69) is 149 Å². The van der Waals surface area contributed by atoms with Crippen LogP contribution in [0.25, 0.3) is 22.4 Å². The summed E-state index contributed by atoms with van der Waals surface area (Å²) < 4.78 is 5.24. The predicted molar refractivity (Wildman–Crippen MR) is 184 cm³/mol. The van der Waals surface area contributed by atoms with Gasteiger partial charge in [-0.15, -0.1) is 0 Å². The third-order valence-corrected chi connectivity index (χ3v) is 11.5. The highest BCUT2D eigenvalue weighted by Crippen LogP contribution is 2.50. The van der Waals surface area contributed by atoms with Gasteiger partial charge in [-0.25, -0.2) is 0 Å². The second-order valence-electron chi connectivity index (χ2n) is 14.1. The molecule has 0 amide bonds. The number of rotatable bonds is 9. The number of hydrogen-bond acceptors (Lipinski definition) is 0. The SMILES string of the molecule is CCCCc1cc[n+]2c(c1)-c1ccccc1C(C)C(C)C2(CC)CCC[n+]1ccccc1C1=C(C)c2ccccc2C1(C)C. The maximum Gasteiger partial charge on any atom is 0.213 e. The molecule has 1 aliphatic carbocycles. The number of benzene rings is 2. The minimum atomic E-state index is -0.0181. The smallest absolute Gasteiger partial charge is 0.199 e. The van der Waals surface area contributed by atoms with Crippen LogP contribution in [0.4, 0.5) is 0 Å². The van der Waals surface area contributed by atoms with Crippen LogP contribution in [0.5, 0.6) is 0 Å². The molecule has 0 fully saturated rings. The molecule has 6 rings (SSSR count). The first-order chi connectivity index (χ1) is 21.2. The van der Waals surface area contributed by atoms with Crippen molar-refractivity contribution in [1.29, 1.82) is 0 Å². The van der Waals surface area contributed by atoms with Crippen molar-refractivity contribution in [3.05, 3.63) is 119 Å². The number of nitrogens with zero attached hydrogens (tertiary/aromatic N) is 2. The highest BCUT2D eigenvalue weighted by molar-refractivity contribution is 5.99. The van der Waals surface area contributed by atoms with Crippen molar-refractivity contribution in [2.24, 2.45) is 5.92 Å². The van der Waals surface area contributed by atoms with E-state index < -0.39 is 0 Å². The zero-order valence-electron chi connectivity index (χ0n) is 28.2. The molecule has 2 aliphatic rings. The van der Waals surface area contributed by atoms with Crippen LogP contribution >= 0.6 is 0 Å². The summed E-state index contributed by atoms with van der Waals surface area (Å²) in [7, 11) is 0. The van der Waals surface area contributed by atoms with Crippen LogP contribution in [0.2, 0.25) is 0 Å². The first kappa shape index (κ1) is 30.5. The van der Waals surface area contributed by atoms with Crippen molar-refractivity contribution in [3.63, 3.8) is 0 Å². The van der Waals surface area contributed by atoms with Crippen LogP contribution in [-0.2, 0) is 23.9 Å². The molecule has 0 radical (unpaired) electrons. The maximum absolute atomic E-state index is 2.70. The monoisotopic (exact) mass is 584 g/mol. The summed E-state index contributed by atoms with van der Waals surface area (Å²) in [6.45, 7) is 17.8. The number of fused-ring (bicyclic) bond motifs is 4. The molecule has 2 aromatic heterocycles. The van der Waals surface area contributed by atoms with Gasteiger partial charge in [-0.3, -0.25) is 0 Å². The van der Waals surface area contributed by atoms with Crippen molar-refractivity contribution in [3.8, 4) is 11.3 Å². The van der Waals surface area contributed by atoms with Gasteiger partial charge in [0.2, 0.25) is 11.4 Å². The molecule has 1 aliphatic heterocycles. The topological polar surface area (TPSA) is 7.76 Å². The Balaban J connectivity index is 1.36. The van der Waals surface area contributed by atoms with Crippen LogP contribution in [-0.4, -0.2) is 0 Å². The molecule has 2 aromatic carbocycles. The van der Waals surface area contributed by atoms with E-state index in [1.54, 1.807) is 0 Å². The lowest BCUT2D eigenvalue weighted by atomic mass is 9.71. The number of unbranched alkanes of at least 4 members (excludes halogenated alkanes) is 1. The first-order valence-corrected chi connectivity index (χ1v) is 17.2. The second kappa shape index (κ2) is 12.1. The van der Waals surface area contributed by atoms with E-state index in [0.29, 0.717) is 11.8 Å². The van der Waals surface area contributed by atoms with Gasteiger partial charge in [0, 0.05) is 66.0 Å². The molecule has 0 N–H and O–H groups in total. The molecule has 0 saturated heterocycles. The lowest BCUT2D eigenvalue weighted by molar-refractivity contribution is -0.767. The summed E-state index contributed by atoms with van der Waals surface area (Å²) in [5.41, 5.74) is 12.9. The van der Waals surface area contributed by atoms with Gasteiger partial charge in [0.1, 0.15) is 6.54 Å². The summed E-state index contributed by atoms with van der Waals surface area (Å²) in [4.78, 5) is 0. The Morgan fingerprint density at radius 3 is 2.25 bits per heavy atom. The molecule has 3 atom stereocenters. The third kappa shape index (κ3) is 4.95. The lowest BCUT2D eigenvalue weighted by Gasteiger charge is -2.35. The van der Waals surface area contributed by atoms with E-state index in [4.69, 9.17) is 0 Å². The number of aromatic nitrogens is 2. The Hall–Kier alpha value is -3.52. The van der Waals surface area contributed by atoms with E-state index in [0.717, 1.165) is 32.2 Å². The zero-order valence-corrected chi connectivity index (χ0v) is 28.2. The van der Waals surface area contributed by atoms with Gasteiger partial charge in [0.25, 0.3) is 0 Å². The molecule has 0 spiro atoms. The van der Waals surface area contributed by atoms with Crippen LogP contribution < -0.4 is 9.13 Å². The van der Waals surface area contributed by atoms with Crippen LogP contribution in [0.3, 0.4) is 0 Å². The Morgan fingerprint density at radius 1 is 0.773 bits per heavy atom. The normalized spacial score (nSPS) is 21.9. The number of pyridine rings is 2. The molecular formula is C42H52N2+2. The summed E-state index contributed by atoms with van der Waals surface area (Å²) in [6, 6.07) is 29.9. The molecule has 3 unspecified atom stereocenters. The van der Waals surface area contributed by atoms with Gasteiger partial charge in [-0.2, -0.15) is 9.13 Å². The first-order valence-electron chi connectivity index (χ1n) is 17.2. The molecule has 2 heteroatoms. The van der Waals surface area contributed by atoms with Crippen molar-refractivity contribution >= 4 is 11.1 Å². The third-order valence-electron chi connectivity index (χ3n) is 11.5. The van der Waals surface area contributed by atoms with Gasteiger partial charge in [-0.1, -0.05) is 90.4 Å². The molecule has 4 aromatic rings. The molecule has 2 nitrogen and oxygen atoms in total. The summed E-state index contributed by atoms with van der Waals surface area (Å²) in [5, 5.41) is 0. The quantitative estimate of drug-likeness (QED) is 0.173. The fraction of sp³-hybridized carbons (Fsp3) is 0.429. The van der Waals surface area contributed by atoms with Crippen LogP contribution in [0.15, 0.2) is 91.3 Å². The highest BCUT2D eigenvalue weighted by atomic mass is 15.1. The molecule has 3 heterocycles. The Morgan fingerprint density at radius 2 is 1.50 bits per heavy atom. The average Bonchev–Trinajstić information content (AvgIpc) is 3.21. The molecule has 0 bridgehead atoms.